The van der Waals surface area contributed by atoms with Gasteiger partial charge in [0.25, 0.3) is 5.91 Å². The Balaban J connectivity index is 2.02. The van der Waals surface area contributed by atoms with Gasteiger partial charge >= 0.3 is 0 Å². The summed E-state index contributed by atoms with van der Waals surface area (Å²) < 4.78 is 0. The Kier molecular flexibility index (Phi) is 4.66. The number of rotatable bonds is 4. The number of aromatic nitrogens is 1. The molecule has 1 aliphatic carbocycles. The molecule has 2 atom stereocenters. The van der Waals surface area contributed by atoms with Crippen LogP contribution in [-0.2, 0) is 0 Å². The number of aryl methyl sites for hydroxylation is 1. The normalized spacial score (nSPS) is 22.3. The minimum atomic E-state index is -0.0475. The molecule has 6 heteroatoms. The number of carbonyl (C=O) groups excluding carboxylic acids is 1. The minimum absolute atomic E-state index is 0.0475. The molecule has 1 fully saturated rings. The predicted octanol–water partition coefficient (Wildman–Crippen LogP) is 1.69. The fraction of sp³-hybridized carbons (Fsp3) is 0.538. The molecule has 5 nitrogen and oxygen atoms in total. The predicted molar refractivity (Wildman–Crippen MR) is 79.2 cm³/mol. The van der Waals surface area contributed by atoms with Gasteiger partial charge in [0.15, 0.2) is 0 Å². The number of hydrogen-bond donors (Lipinski definition) is 3. The summed E-state index contributed by atoms with van der Waals surface area (Å²) in [6.07, 6.45) is 5.42. The van der Waals surface area contributed by atoms with Gasteiger partial charge in [0, 0.05) is 22.5 Å². The first kappa shape index (κ1) is 14.1. The van der Waals surface area contributed by atoms with E-state index in [1.807, 2.05) is 18.7 Å². The number of nitrogens with one attached hydrogen (secondary N) is 2. The van der Waals surface area contributed by atoms with Crippen molar-refractivity contribution >= 4 is 23.5 Å². The van der Waals surface area contributed by atoms with Gasteiger partial charge in [-0.1, -0.05) is 0 Å². The van der Waals surface area contributed by atoms with Gasteiger partial charge in [0.05, 0.1) is 0 Å². The SMILES string of the molecule is CSC1CCC(NC(=O)c2cc(C)nc(NN)c2)C1. The highest BCUT2D eigenvalue weighted by Crippen LogP contribution is 2.28. The molecule has 19 heavy (non-hydrogen) atoms. The van der Waals surface area contributed by atoms with Gasteiger partial charge in [-0.3, -0.25) is 4.79 Å². The van der Waals surface area contributed by atoms with Crippen LogP contribution in [0.5, 0.6) is 0 Å². The molecule has 1 aromatic heterocycles. The van der Waals surface area contributed by atoms with Gasteiger partial charge in [-0.25, -0.2) is 10.8 Å². The van der Waals surface area contributed by atoms with E-state index in [1.54, 1.807) is 12.1 Å². The first-order chi connectivity index (χ1) is 9.12. The second-order valence-corrected chi connectivity index (χ2v) is 6.01. The quantitative estimate of drug-likeness (QED) is 0.578. The van der Waals surface area contributed by atoms with Crippen molar-refractivity contribution < 1.29 is 4.79 Å². The molecule has 1 saturated carbocycles. The molecule has 4 N–H and O–H groups in total. The second-order valence-electron chi connectivity index (χ2n) is 4.87. The number of hydrazine groups is 1. The van der Waals surface area contributed by atoms with Crippen LogP contribution in [0.3, 0.4) is 0 Å². The van der Waals surface area contributed by atoms with Crippen LogP contribution in [0.2, 0.25) is 0 Å². The lowest BCUT2D eigenvalue weighted by Crippen LogP contribution is -2.33. The fourth-order valence-electron chi connectivity index (χ4n) is 2.43. The Morgan fingerprint density at radius 1 is 1.47 bits per heavy atom. The van der Waals surface area contributed by atoms with E-state index in [0.717, 1.165) is 18.5 Å². The van der Waals surface area contributed by atoms with E-state index < -0.39 is 0 Å². The number of nitrogens with zero attached hydrogens (tertiary/aromatic N) is 1. The third-order valence-electron chi connectivity index (χ3n) is 3.42. The third-order valence-corrected chi connectivity index (χ3v) is 4.51. The molecule has 0 aromatic carbocycles. The van der Waals surface area contributed by atoms with Crippen molar-refractivity contribution in [2.24, 2.45) is 5.84 Å². The highest BCUT2D eigenvalue weighted by Gasteiger charge is 2.25. The first-order valence-corrected chi connectivity index (χ1v) is 7.70. The molecule has 0 spiro atoms. The molecule has 2 rings (SSSR count). The lowest BCUT2D eigenvalue weighted by Gasteiger charge is -2.13. The Labute approximate surface area is 117 Å². The van der Waals surface area contributed by atoms with Crippen molar-refractivity contribution in [3.8, 4) is 0 Å². The van der Waals surface area contributed by atoms with E-state index in [1.165, 1.54) is 6.42 Å². The van der Waals surface area contributed by atoms with Crippen molar-refractivity contribution in [1.82, 2.24) is 10.3 Å². The van der Waals surface area contributed by atoms with E-state index in [2.05, 4.69) is 22.0 Å². The number of amides is 1. The number of anilines is 1. The van der Waals surface area contributed by atoms with E-state index in [-0.39, 0.29) is 11.9 Å². The van der Waals surface area contributed by atoms with Crippen molar-refractivity contribution in [1.29, 1.82) is 0 Å². The second kappa shape index (κ2) is 6.25. The van der Waals surface area contributed by atoms with Crippen LogP contribution in [0.1, 0.15) is 35.3 Å². The molecular weight excluding hydrogens is 260 g/mol. The third kappa shape index (κ3) is 3.61. The van der Waals surface area contributed by atoms with Crippen LogP contribution in [0, 0.1) is 6.92 Å². The van der Waals surface area contributed by atoms with Crippen LogP contribution in [0.25, 0.3) is 0 Å². The van der Waals surface area contributed by atoms with Gasteiger partial charge < -0.3 is 10.7 Å². The molecule has 0 radical (unpaired) electrons. The molecule has 2 unspecified atom stereocenters. The topological polar surface area (TPSA) is 80.0 Å². The van der Waals surface area contributed by atoms with E-state index in [4.69, 9.17) is 5.84 Å². The van der Waals surface area contributed by atoms with Crippen LogP contribution in [0.15, 0.2) is 12.1 Å². The molecule has 1 aromatic rings. The largest absolute Gasteiger partial charge is 0.349 e. The maximum absolute atomic E-state index is 12.2. The Morgan fingerprint density at radius 3 is 2.89 bits per heavy atom. The summed E-state index contributed by atoms with van der Waals surface area (Å²) in [6.45, 7) is 1.84. The van der Waals surface area contributed by atoms with Crippen LogP contribution in [0.4, 0.5) is 5.82 Å². The zero-order valence-corrected chi connectivity index (χ0v) is 12.1. The lowest BCUT2D eigenvalue weighted by molar-refractivity contribution is 0.0938. The molecule has 0 saturated heterocycles. The molecule has 0 aliphatic heterocycles. The number of thioether (sulfide) groups is 1. The average Bonchev–Trinajstić information content (AvgIpc) is 2.85. The Bertz CT molecular complexity index is 466. The van der Waals surface area contributed by atoms with E-state index >= 15 is 0 Å². The Hall–Kier alpha value is -1.27. The zero-order chi connectivity index (χ0) is 13.8. The maximum Gasteiger partial charge on any atom is 0.251 e. The van der Waals surface area contributed by atoms with Gasteiger partial charge in [-0.2, -0.15) is 11.8 Å². The van der Waals surface area contributed by atoms with Crippen molar-refractivity contribution in [2.75, 3.05) is 11.7 Å². The zero-order valence-electron chi connectivity index (χ0n) is 11.3. The molecule has 0 bridgehead atoms. The number of pyridine rings is 1. The number of nitrogens with two attached hydrogens (primary N) is 1. The number of hydrogen-bond acceptors (Lipinski definition) is 5. The molecule has 104 valence electrons. The van der Waals surface area contributed by atoms with Crippen LogP contribution >= 0.6 is 11.8 Å². The average molecular weight is 280 g/mol. The highest BCUT2D eigenvalue weighted by atomic mass is 32.2. The summed E-state index contributed by atoms with van der Waals surface area (Å²) in [6, 6.07) is 3.73. The first-order valence-electron chi connectivity index (χ1n) is 6.41. The smallest absolute Gasteiger partial charge is 0.251 e. The molecule has 1 amide bonds. The monoisotopic (exact) mass is 280 g/mol. The minimum Gasteiger partial charge on any atom is -0.349 e. The van der Waals surface area contributed by atoms with E-state index in [0.29, 0.717) is 16.6 Å². The summed E-state index contributed by atoms with van der Waals surface area (Å²) in [5, 5.41) is 3.76. The summed E-state index contributed by atoms with van der Waals surface area (Å²) >= 11 is 1.88. The van der Waals surface area contributed by atoms with E-state index in [9.17, 15) is 4.79 Å². The number of nitrogen functional groups attached to an aromatic ring is 1. The van der Waals surface area contributed by atoms with Gasteiger partial charge in [0.2, 0.25) is 0 Å². The summed E-state index contributed by atoms with van der Waals surface area (Å²) in [5.41, 5.74) is 3.86. The Morgan fingerprint density at radius 2 is 2.26 bits per heavy atom. The van der Waals surface area contributed by atoms with Crippen LogP contribution < -0.4 is 16.6 Å². The summed E-state index contributed by atoms with van der Waals surface area (Å²) in [7, 11) is 0. The van der Waals surface area contributed by atoms with Gasteiger partial charge in [-0.15, -0.1) is 0 Å². The van der Waals surface area contributed by atoms with Gasteiger partial charge in [0.1, 0.15) is 5.82 Å². The summed E-state index contributed by atoms with van der Waals surface area (Å²) in [4.78, 5) is 16.4. The van der Waals surface area contributed by atoms with Gasteiger partial charge in [-0.05, 0) is 44.6 Å². The molecule has 1 heterocycles. The lowest BCUT2D eigenvalue weighted by atomic mass is 10.2. The fourth-order valence-corrected chi connectivity index (χ4v) is 3.22. The standard InChI is InChI=1S/C13H20N4OS/c1-8-5-9(6-12(15-8)17-14)13(18)16-10-3-4-11(7-10)19-2/h5-6,10-11H,3-4,7,14H2,1-2H3,(H,15,17)(H,16,18). The summed E-state index contributed by atoms with van der Waals surface area (Å²) in [5.74, 6) is 5.81. The highest BCUT2D eigenvalue weighted by molar-refractivity contribution is 7.99. The van der Waals surface area contributed by atoms with Crippen LogP contribution in [-0.4, -0.2) is 28.4 Å². The number of carbonyl (C=O) groups is 1. The molecule has 1 aliphatic rings. The van der Waals surface area contributed by atoms with Crippen molar-refractivity contribution in [2.45, 2.75) is 37.5 Å². The molecular formula is C13H20N4OS. The van der Waals surface area contributed by atoms with Crippen molar-refractivity contribution in [3.63, 3.8) is 0 Å². The van der Waals surface area contributed by atoms with Crippen molar-refractivity contribution in [3.05, 3.63) is 23.4 Å². The maximum atomic E-state index is 12.2.